The van der Waals surface area contributed by atoms with Crippen LogP contribution in [0, 0.1) is 0 Å². The lowest BCUT2D eigenvalue weighted by Crippen LogP contribution is -2.28. The predicted octanol–water partition coefficient (Wildman–Crippen LogP) is 2.01. The molecule has 0 aliphatic carbocycles. The molecule has 0 aliphatic heterocycles. The average Bonchev–Trinajstić information content (AvgIpc) is 2.99. The smallest absolute Gasteiger partial charge is 0.419 e. The van der Waals surface area contributed by atoms with Crippen LogP contribution in [0.1, 0.15) is 22.3 Å². The first-order chi connectivity index (χ1) is 13.0. The van der Waals surface area contributed by atoms with Crippen molar-refractivity contribution in [2.45, 2.75) is 19.5 Å². The zero-order valence-electron chi connectivity index (χ0n) is 14.5. The van der Waals surface area contributed by atoms with Gasteiger partial charge in [0, 0.05) is 13.1 Å². The Kier molecular flexibility index (Phi) is 5.55. The lowest BCUT2D eigenvalue weighted by molar-refractivity contribution is 0.0496. The minimum absolute atomic E-state index is 0.176. The summed E-state index contributed by atoms with van der Waals surface area (Å²) in [6.07, 6.45) is 0.482. The molecule has 2 amide bonds. The number of amides is 2. The Bertz CT molecular complexity index is 1000. The third kappa shape index (κ3) is 4.55. The zero-order chi connectivity index (χ0) is 19.2. The second kappa shape index (κ2) is 8.22. The SMILES string of the molecule is NC(=O)NCc1ccc(C(=O)OCCCn2c(=O)oc3ccccc32)cc1. The zero-order valence-corrected chi connectivity index (χ0v) is 14.5. The van der Waals surface area contributed by atoms with E-state index in [9.17, 15) is 14.4 Å². The van der Waals surface area contributed by atoms with Crippen LogP contribution in [0.25, 0.3) is 11.1 Å². The first-order valence-electron chi connectivity index (χ1n) is 8.42. The third-order valence-electron chi connectivity index (χ3n) is 3.99. The van der Waals surface area contributed by atoms with Gasteiger partial charge in [-0.2, -0.15) is 0 Å². The number of rotatable bonds is 7. The molecule has 1 aromatic heterocycles. The summed E-state index contributed by atoms with van der Waals surface area (Å²) in [6.45, 7) is 0.856. The van der Waals surface area contributed by atoms with Gasteiger partial charge in [-0.1, -0.05) is 24.3 Å². The van der Waals surface area contributed by atoms with Crippen molar-refractivity contribution in [3.63, 3.8) is 0 Å². The van der Waals surface area contributed by atoms with Crippen LogP contribution in [0.15, 0.2) is 57.7 Å². The lowest BCUT2D eigenvalue weighted by atomic mass is 10.1. The number of nitrogens with two attached hydrogens (primary N) is 1. The van der Waals surface area contributed by atoms with Gasteiger partial charge >= 0.3 is 17.8 Å². The summed E-state index contributed by atoms with van der Waals surface area (Å²) in [5, 5.41) is 2.47. The normalized spacial score (nSPS) is 10.7. The maximum Gasteiger partial charge on any atom is 0.419 e. The Balaban J connectivity index is 1.50. The van der Waals surface area contributed by atoms with E-state index < -0.39 is 17.8 Å². The molecule has 0 aliphatic rings. The number of carbonyl (C=O) groups is 2. The van der Waals surface area contributed by atoms with E-state index in [0.717, 1.165) is 5.56 Å². The molecule has 0 saturated carbocycles. The van der Waals surface area contributed by atoms with Gasteiger partial charge in [0.2, 0.25) is 0 Å². The van der Waals surface area contributed by atoms with Crippen molar-refractivity contribution in [1.82, 2.24) is 9.88 Å². The molecule has 3 rings (SSSR count). The van der Waals surface area contributed by atoms with Crippen molar-refractivity contribution in [2.24, 2.45) is 5.73 Å². The van der Waals surface area contributed by atoms with Gasteiger partial charge in [-0.05, 0) is 36.2 Å². The Hall–Kier alpha value is -3.55. The summed E-state index contributed by atoms with van der Waals surface area (Å²) >= 11 is 0. The minimum Gasteiger partial charge on any atom is -0.462 e. The molecule has 0 radical (unpaired) electrons. The van der Waals surface area contributed by atoms with Crippen LogP contribution in [0.5, 0.6) is 0 Å². The summed E-state index contributed by atoms with van der Waals surface area (Å²) < 4.78 is 11.9. The monoisotopic (exact) mass is 369 g/mol. The molecule has 0 unspecified atom stereocenters. The fourth-order valence-electron chi connectivity index (χ4n) is 2.64. The number of para-hydroxylation sites is 2. The van der Waals surface area contributed by atoms with Crippen LogP contribution in [0.3, 0.4) is 0 Å². The van der Waals surface area contributed by atoms with Crippen LogP contribution >= 0.6 is 0 Å². The number of oxazole rings is 1. The highest BCUT2D eigenvalue weighted by atomic mass is 16.5. The van der Waals surface area contributed by atoms with Crippen LogP contribution in [-0.2, 0) is 17.8 Å². The standard InChI is InChI=1S/C19H19N3O5/c20-18(24)21-12-13-6-8-14(9-7-13)17(23)26-11-3-10-22-15-4-1-2-5-16(15)27-19(22)25/h1-2,4-9H,3,10-12H2,(H3,20,21,24). The number of nitrogens with one attached hydrogen (secondary N) is 1. The fourth-order valence-corrected chi connectivity index (χ4v) is 2.64. The van der Waals surface area contributed by atoms with E-state index in [1.54, 1.807) is 42.5 Å². The number of aryl methyl sites for hydroxylation is 1. The van der Waals surface area contributed by atoms with Gasteiger partial charge in [0.15, 0.2) is 5.58 Å². The first-order valence-corrected chi connectivity index (χ1v) is 8.42. The van der Waals surface area contributed by atoms with Crippen molar-refractivity contribution < 1.29 is 18.7 Å². The predicted molar refractivity (Wildman–Crippen MR) is 98.2 cm³/mol. The maximum absolute atomic E-state index is 12.1. The van der Waals surface area contributed by atoms with E-state index in [2.05, 4.69) is 5.32 Å². The second-order valence-corrected chi connectivity index (χ2v) is 5.89. The second-order valence-electron chi connectivity index (χ2n) is 5.89. The quantitative estimate of drug-likeness (QED) is 0.488. The highest BCUT2D eigenvalue weighted by Crippen LogP contribution is 2.12. The van der Waals surface area contributed by atoms with Gasteiger partial charge in [0.25, 0.3) is 0 Å². The molecule has 1 heterocycles. The van der Waals surface area contributed by atoms with Crippen molar-refractivity contribution >= 4 is 23.1 Å². The van der Waals surface area contributed by atoms with Gasteiger partial charge in [-0.3, -0.25) is 4.57 Å². The van der Waals surface area contributed by atoms with Crippen molar-refractivity contribution in [2.75, 3.05) is 6.61 Å². The summed E-state index contributed by atoms with van der Waals surface area (Å²) in [6, 6.07) is 13.2. The van der Waals surface area contributed by atoms with Crippen molar-refractivity contribution in [1.29, 1.82) is 0 Å². The van der Waals surface area contributed by atoms with Gasteiger partial charge in [-0.25, -0.2) is 14.4 Å². The van der Waals surface area contributed by atoms with Gasteiger partial charge in [0.1, 0.15) is 0 Å². The minimum atomic E-state index is -0.608. The van der Waals surface area contributed by atoms with Gasteiger partial charge in [0.05, 0.1) is 17.7 Å². The molecule has 0 atom stereocenters. The molecule has 27 heavy (non-hydrogen) atoms. The Morgan fingerprint density at radius 3 is 2.59 bits per heavy atom. The number of carbonyl (C=O) groups excluding carboxylic acids is 2. The van der Waals surface area contributed by atoms with E-state index in [1.807, 2.05) is 6.07 Å². The van der Waals surface area contributed by atoms with Crippen LogP contribution < -0.4 is 16.8 Å². The molecule has 0 spiro atoms. The van der Waals surface area contributed by atoms with E-state index in [4.69, 9.17) is 14.9 Å². The molecule has 0 bridgehead atoms. The van der Waals surface area contributed by atoms with Gasteiger partial charge in [-0.15, -0.1) is 0 Å². The Morgan fingerprint density at radius 2 is 1.85 bits per heavy atom. The van der Waals surface area contributed by atoms with Crippen molar-refractivity contribution in [3.05, 3.63) is 70.2 Å². The first kappa shape index (κ1) is 18.2. The number of hydrogen-bond acceptors (Lipinski definition) is 5. The number of ether oxygens (including phenoxy) is 1. The molecule has 3 N–H and O–H groups in total. The van der Waals surface area contributed by atoms with Gasteiger partial charge < -0.3 is 20.2 Å². The number of hydrogen-bond donors (Lipinski definition) is 2. The average molecular weight is 369 g/mol. The fraction of sp³-hybridized carbons (Fsp3) is 0.211. The van der Waals surface area contributed by atoms with Crippen molar-refractivity contribution in [3.8, 4) is 0 Å². The molecule has 8 nitrogen and oxygen atoms in total. The van der Waals surface area contributed by atoms with E-state index >= 15 is 0 Å². The molecular weight excluding hydrogens is 350 g/mol. The number of urea groups is 1. The molecule has 2 aromatic carbocycles. The summed E-state index contributed by atoms with van der Waals surface area (Å²) in [5.74, 6) is -0.878. The number of esters is 1. The molecule has 0 saturated heterocycles. The van der Waals surface area contributed by atoms with Crippen LogP contribution in [-0.4, -0.2) is 23.2 Å². The van der Waals surface area contributed by atoms with E-state index in [-0.39, 0.29) is 13.2 Å². The lowest BCUT2D eigenvalue weighted by Gasteiger charge is -2.07. The number of primary amides is 1. The Labute approximate surface area is 154 Å². The van der Waals surface area contributed by atoms with Crippen LogP contribution in [0.2, 0.25) is 0 Å². The Morgan fingerprint density at radius 1 is 1.11 bits per heavy atom. The molecule has 0 fully saturated rings. The number of benzene rings is 2. The number of fused-ring (bicyclic) bond motifs is 1. The molecular formula is C19H19N3O5. The topological polar surface area (TPSA) is 117 Å². The summed E-state index contributed by atoms with van der Waals surface area (Å²) in [5.41, 5.74) is 7.48. The summed E-state index contributed by atoms with van der Waals surface area (Å²) in [4.78, 5) is 34.6. The van der Waals surface area contributed by atoms with E-state index in [1.165, 1.54) is 4.57 Å². The number of aromatic nitrogens is 1. The van der Waals surface area contributed by atoms with E-state index in [0.29, 0.717) is 29.6 Å². The molecule has 8 heteroatoms. The highest BCUT2D eigenvalue weighted by molar-refractivity contribution is 5.89. The maximum atomic E-state index is 12.1. The summed E-state index contributed by atoms with van der Waals surface area (Å²) in [7, 11) is 0. The largest absolute Gasteiger partial charge is 0.462 e. The van der Waals surface area contributed by atoms with Crippen LogP contribution in [0.4, 0.5) is 4.79 Å². The number of nitrogens with zero attached hydrogens (tertiary/aromatic N) is 1. The third-order valence-corrected chi connectivity index (χ3v) is 3.99. The molecule has 140 valence electrons. The molecule has 3 aromatic rings. The highest BCUT2D eigenvalue weighted by Gasteiger charge is 2.10.